The molecule has 0 aromatic rings. The van der Waals surface area contributed by atoms with Gasteiger partial charge in [-0.2, -0.15) is 0 Å². The van der Waals surface area contributed by atoms with Gasteiger partial charge >= 0.3 is 13.7 Å². The van der Waals surface area contributed by atoms with E-state index in [0.717, 1.165) is 0 Å². The van der Waals surface area contributed by atoms with Crippen molar-refractivity contribution in [1.29, 1.82) is 0 Å². The lowest BCUT2D eigenvalue weighted by molar-refractivity contribution is -0.143. The van der Waals surface area contributed by atoms with Gasteiger partial charge in [-0.3, -0.25) is 18.9 Å². The number of carbonyl (C=O) groups is 3. The van der Waals surface area contributed by atoms with E-state index < -0.39 is 44.2 Å². The molecule has 0 radical (unpaired) electrons. The third kappa shape index (κ3) is 7.41. The van der Waals surface area contributed by atoms with Crippen molar-refractivity contribution in [3.63, 3.8) is 0 Å². The first-order valence-corrected chi connectivity index (χ1v) is 10.2. The molecule has 1 saturated heterocycles. The van der Waals surface area contributed by atoms with Gasteiger partial charge in [0, 0.05) is 6.54 Å². The zero-order valence-electron chi connectivity index (χ0n) is 15.3. The maximum atomic E-state index is 12.3. The highest BCUT2D eigenvalue weighted by atomic mass is 31.2. The van der Waals surface area contributed by atoms with Gasteiger partial charge in [-0.05, 0) is 32.1 Å². The van der Waals surface area contributed by atoms with Crippen LogP contribution in [-0.4, -0.2) is 64.5 Å². The summed E-state index contributed by atoms with van der Waals surface area (Å²) in [6.45, 7) is 5.20. The normalized spacial score (nSPS) is 20.7. The fraction of sp³-hybridized carbons (Fsp3) is 0.800. The Morgan fingerprint density at radius 2 is 1.96 bits per heavy atom. The molecule has 0 aromatic carbocycles. The van der Waals surface area contributed by atoms with Crippen molar-refractivity contribution in [3.05, 3.63) is 0 Å². The molecule has 2 amide bonds. The van der Waals surface area contributed by atoms with Gasteiger partial charge in [0.1, 0.15) is 12.1 Å². The van der Waals surface area contributed by atoms with Crippen LogP contribution in [-0.2, 0) is 23.5 Å². The minimum absolute atomic E-state index is 0.0917. The van der Waals surface area contributed by atoms with Crippen molar-refractivity contribution in [2.45, 2.75) is 52.1 Å². The number of carboxylic acid groups (broad SMARTS) is 1. The predicted molar refractivity (Wildman–Crippen MR) is 93.2 cm³/mol. The zero-order chi connectivity index (χ0) is 19.9. The number of aliphatic carboxylic acids is 1. The van der Waals surface area contributed by atoms with Gasteiger partial charge in [0.05, 0.1) is 13.2 Å². The van der Waals surface area contributed by atoms with E-state index in [9.17, 15) is 23.8 Å². The summed E-state index contributed by atoms with van der Waals surface area (Å²) in [5.74, 6) is -1.93. The van der Waals surface area contributed by atoms with Crippen LogP contribution >= 0.6 is 7.75 Å². The second-order valence-electron chi connectivity index (χ2n) is 6.68. The molecule has 4 N–H and O–H groups in total. The van der Waals surface area contributed by atoms with Crippen molar-refractivity contribution in [2.24, 2.45) is 5.92 Å². The van der Waals surface area contributed by atoms with E-state index >= 15 is 0 Å². The number of hydrogen-bond acceptors (Lipinski definition) is 5. The molecule has 11 heteroatoms. The largest absolute Gasteiger partial charge is 0.480 e. The van der Waals surface area contributed by atoms with Gasteiger partial charge < -0.3 is 20.2 Å². The topological polar surface area (TPSA) is 145 Å². The highest BCUT2D eigenvalue weighted by molar-refractivity contribution is 7.50. The molecule has 1 aliphatic rings. The molecule has 0 saturated carbocycles. The number of rotatable bonds is 10. The van der Waals surface area contributed by atoms with Gasteiger partial charge in [0.25, 0.3) is 0 Å². The predicted octanol–water partition coefficient (Wildman–Crippen LogP) is 0.319. The molecule has 26 heavy (non-hydrogen) atoms. The molecular weight excluding hydrogens is 365 g/mol. The fourth-order valence-corrected chi connectivity index (χ4v) is 3.22. The third-order valence-electron chi connectivity index (χ3n) is 4.00. The van der Waals surface area contributed by atoms with Crippen LogP contribution in [0.1, 0.15) is 40.0 Å². The second-order valence-corrected chi connectivity index (χ2v) is 8.30. The fourth-order valence-electron chi connectivity index (χ4n) is 2.44. The Morgan fingerprint density at radius 3 is 2.54 bits per heavy atom. The summed E-state index contributed by atoms with van der Waals surface area (Å²) in [5.41, 5.74) is 0. The van der Waals surface area contributed by atoms with Crippen LogP contribution < -0.4 is 10.4 Å². The SMILES string of the molecule is CC(C)CCOP(=O)(O)NCC(=O)N1CCCC1C(=O)NC(C)C(=O)O. The Morgan fingerprint density at radius 1 is 1.31 bits per heavy atom. The first-order chi connectivity index (χ1) is 12.0. The van der Waals surface area contributed by atoms with Crippen LogP contribution in [0, 0.1) is 5.92 Å². The maximum absolute atomic E-state index is 12.3. The average molecular weight is 393 g/mol. The van der Waals surface area contributed by atoms with E-state index in [1.54, 1.807) is 0 Å². The monoisotopic (exact) mass is 393 g/mol. The molecular formula is C15H28N3O7P. The van der Waals surface area contributed by atoms with Crippen LogP contribution in [0.15, 0.2) is 0 Å². The molecule has 0 spiro atoms. The molecule has 0 bridgehead atoms. The summed E-state index contributed by atoms with van der Waals surface area (Å²) in [6, 6.07) is -1.85. The van der Waals surface area contributed by atoms with E-state index in [1.807, 2.05) is 13.8 Å². The quantitative estimate of drug-likeness (QED) is 0.388. The summed E-state index contributed by atoms with van der Waals surface area (Å²) in [6.07, 6.45) is 1.61. The Labute approximate surface area is 152 Å². The number of nitrogens with zero attached hydrogens (tertiary/aromatic N) is 1. The smallest absolute Gasteiger partial charge is 0.403 e. The van der Waals surface area contributed by atoms with Crippen molar-refractivity contribution in [3.8, 4) is 0 Å². The molecule has 0 aliphatic carbocycles. The van der Waals surface area contributed by atoms with Gasteiger partial charge in [-0.15, -0.1) is 0 Å². The van der Waals surface area contributed by atoms with E-state index in [4.69, 9.17) is 9.63 Å². The van der Waals surface area contributed by atoms with Crippen LogP contribution in [0.4, 0.5) is 0 Å². The highest BCUT2D eigenvalue weighted by Gasteiger charge is 2.35. The molecule has 1 rings (SSSR count). The summed E-state index contributed by atoms with van der Waals surface area (Å²) in [7, 11) is -4.10. The number of amides is 2. The molecule has 1 fully saturated rings. The first-order valence-electron chi connectivity index (χ1n) is 8.58. The van der Waals surface area contributed by atoms with E-state index in [1.165, 1.54) is 11.8 Å². The Bertz CT molecular complexity index is 569. The minimum Gasteiger partial charge on any atom is -0.480 e. The second kappa shape index (κ2) is 10.0. The molecule has 1 heterocycles. The lowest BCUT2D eigenvalue weighted by atomic mass is 10.2. The van der Waals surface area contributed by atoms with Gasteiger partial charge in [-0.25, -0.2) is 9.65 Å². The highest BCUT2D eigenvalue weighted by Crippen LogP contribution is 2.36. The molecule has 150 valence electrons. The third-order valence-corrected chi connectivity index (χ3v) is 5.09. The van der Waals surface area contributed by atoms with E-state index in [0.29, 0.717) is 31.7 Å². The summed E-state index contributed by atoms with van der Waals surface area (Å²) in [5, 5.41) is 13.4. The first kappa shape index (κ1) is 22.6. The Balaban J connectivity index is 2.53. The van der Waals surface area contributed by atoms with Crippen molar-refractivity contribution in [2.75, 3.05) is 19.7 Å². The molecule has 0 aromatic heterocycles. The van der Waals surface area contributed by atoms with Crippen LogP contribution in [0.5, 0.6) is 0 Å². The summed E-state index contributed by atoms with van der Waals surface area (Å²) < 4.78 is 16.7. The zero-order valence-corrected chi connectivity index (χ0v) is 16.2. The van der Waals surface area contributed by atoms with Crippen molar-refractivity contribution >= 4 is 25.5 Å². The Kier molecular flexibility index (Phi) is 8.69. The van der Waals surface area contributed by atoms with E-state index in [-0.39, 0.29) is 6.61 Å². The Hall–Kier alpha value is -1.48. The molecule has 3 unspecified atom stereocenters. The average Bonchev–Trinajstić information content (AvgIpc) is 3.01. The minimum atomic E-state index is -4.10. The number of likely N-dealkylation sites (tertiary alicyclic amines) is 1. The van der Waals surface area contributed by atoms with Crippen LogP contribution in [0.3, 0.4) is 0 Å². The van der Waals surface area contributed by atoms with Gasteiger partial charge in [0.15, 0.2) is 0 Å². The lowest BCUT2D eigenvalue weighted by Crippen LogP contribution is -2.51. The van der Waals surface area contributed by atoms with Crippen molar-refractivity contribution < 1.29 is 33.5 Å². The standard InChI is InChI=1S/C15H28N3O7P/c1-10(2)6-8-25-26(23,24)16-9-13(19)18-7-4-5-12(18)14(20)17-11(3)15(21)22/h10-12H,4-9H2,1-3H3,(H,17,20)(H,21,22)(H2,16,23,24). The van der Waals surface area contributed by atoms with Crippen LogP contribution in [0.2, 0.25) is 0 Å². The molecule has 1 aliphatic heterocycles. The number of carboxylic acids is 1. The lowest BCUT2D eigenvalue weighted by Gasteiger charge is -2.25. The number of nitrogens with one attached hydrogen (secondary N) is 2. The molecule has 3 atom stereocenters. The van der Waals surface area contributed by atoms with E-state index in [2.05, 4.69) is 10.4 Å². The number of hydrogen-bond donors (Lipinski definition) is 4. The van der Waals surface area contributed by atoms with Gasteiger partial charge in [-0.1, -0.05) is 13.8 Å². The maximum Gasteiger partial charge on any atom is 0.403 e. The molecule has 10 nitrogen and oxygen atoms in total. The summed E-state index contributed by atoms with van der Waals surface area (Å²) >= 11 is 0. The number of carbonyl (C=O) groups excluding carboxylic acids is 2. The summed E-state index contributed by atoms with van der Waals surface area (Å²) in [4.78, 5) is 46.2. The van der Waals surface area contributed by atoms with Crippen LogP contribution in [0.25, 0.3) is 0 Å². The van der Waals surface area contributed by atoms with Gasteiger partial charge in [0.2, 0.25) is 11.8 Å². The van der Waals surface area contributed by atoms with Crippen molar-refractivity contribution in [1.82, 2.24) is 15.3 Å².